The van der Waals surface area contributed by atoms with Crippen molar-refractivity contribution >= 4 is 21.8 Å². The van der Waals surface area contributed by atoms with E-state index in [2.05, 4.69) is 21.2 Å². The summed E-state index contributed by atoms with van der Waals surface area (Å²) in [6, 6.07) is 7.06. The Bertz CT molecular complexity index is 385. The molecule has 0 bridgehead atoms. The van der Waals surface area contributed by atoms with Gasteiger partial charge in [0.1, 0.15) is 5.75 Å². The molecule has 1 atom stereocenters. The van der Waals surface area contributed by atoms with Crippen molar-refractivity contribution in [2.24, 2.45) is 0 Å². The number of methoxy groups -OCH3 is 1. The van der Waals surface area contributed by atoms with Crippen molar-refractivity contribution in [2.75, 3.05) is 7.11 Å². The lowest BCUT2D eigenvalue weighted by Gasteiger charge is -2.29. The molecule has 0 aromatic heterocycles. The van der Waals surface area contributed by atoms with Crippen LogP contribution < -0.4 is 10.1 Å². The average molecular weight is 300 g/mol. The van der Waals surface area contributed by atoms with Crippen LogP contribution >= 0.6 is 15.9 Å². The minimum absolute atomic E-state index is 0.0797. The first-order valence-corrected chi connectivity index (χ1v) is 6.39. The molecule has 1 aromatic rings. The van der Waals surface area contributed by atoms with E-state index < -0.39 is 0 Å². The number of carbonyl (C=O) groups excluding carboxylic acids is 1. The molecule has 1 amide bonds. The van der Waals surface area contributed by atoms with Crippen molar-refractivity contribution in [1.29, 1.82) is 0 Å². The Labute approximate surface area is 111 Å². The second-order valence-electron chi connectivity index (χ2n) is 4.52. The van der Waals surface area contributed by atoms with Crippen molar-refractivity contribution in [2.45, 2.75) is 31.1 Å². The molecule has 1 aromatic carbocycles. The van der Waals surface area contributed by atoms with Crippen LogP contribution in [0.3, 0.4) is 0 Å². The molecule has 0 heterocycles. The lowest BCUT2D eigenvalue weighted by molar-refractivity contribution is 0.0914. The van der Waals surface area contributed by atoms with E-state index in [-0.39, 0.29) is 16.3 Å². The number of hydrogen-bond donors (Lipinski definition) is 1. The zero-order valence-electron chi connectivity index (χ0n) is 10.6. The molecule has 94 valence electrons. The fourth-order valence-corrected chi connectivity index (χ4v) is 1.32. The van der Waals surface area contributed by atoms with Gasteiger partial charge >= 0.3 is 0 Å². The number of rotatable bonds is 4. The maximum absolute atomic E-state index is 12.0. The van der Waals surface area contributed by atoms with Crippen LogP contribution in [-0.4, -0.2) is 23.4 Å². The van der Waals surface area contributed by atoms with Gasteiger partial charge in [-0.25, -0.2) is 0 Å². The van der Waals surface area contributed by atoms with Gasteiger partial charge in [0.05, 0.1) is 7.11 Å². The molecule has 17 heavy (non-hydrogen) atoms. The van der Waals surface area contributed by atoms with Gasteiger partial charge in [0.2, 0.25) is 0 Å². The number of halogens is 1. The molecule has 0 saturated heterocycles. The Morgan fingerprint density at radius 1 is 1.35 bits per heavy atom. The largest absolute Gasteiger partial charge is 0.497 e. The number of alkyl halides is 1. The van der Waals surface area contributed by atoms with Gasteiger partial charge in [-0.05, 0) is 38.1 Å². The fourth-order valence-electron chi connectivity index (χ4n) is 1.21. The first kappa shape index (κ1) is 14.0. The standard InChI is InChI=1S/C13H18BrNO2/c1-9(14)13(2,3)15-12(16)10-5-7-11(17-4)8-6-10/h5-9H,1-4H3,(H,15,16). The summed E-state index contributed by atoms with van der Waals surface area (Å²) in [6.45, 7) is 5.97. The maximum atomic E-state index is 12.0. The van der Waals surface area contributed by atoms with Crippen molar-refractivity contribution in [3.05, 3.63) is 29.8 Å². The van der Waals surface area contributed by atoms with Gasteiger partial charge in [-0.15, -0.1) is 0 Å². The van der Waals surface area contributed by atoms with Gasteiger partial charge in [-0.2, -0.15) is 0 Å². The summed E-state index contributed by atoms with van der Waals surface area (Å²) < 4.78 is 5.05. The fraction of sp³-hybridized carbons (Fsp3) is 0.462. The van der Waals surface area contributed by atoms with Gasteiger partial charge in [-0.1, -0.05) is 22.9 Å². The van der Waals surface area contributed by atoms with Crippen LogP contribution in [0.5, 0.6) is 5.75 Å². The summed E-state index contributed by atoms with van der Waals surface area (Å²) in [6.07, 6.45) is 0. The third-order valence-electron chi connectivity index (χ3n) is 2.78. The summed E-state index contributed by atoms with van der Waals surface area (Å²) >= 11 is 3.49. The highest BCUT2D eigenvalue weighted by molar-refractivity contribution is 9.09. The van der Waals surface area contributed by atoms with Gasteiger partial charge in [0.25, 0.3) is 5.91 Å². The quantitative estimate of drug-likeness (QED) is 0.868. The molecule has 3 nitrogen and oxygen atoms in total. The first-order valence-electron chi connectivity index (χ1n) is 5.47. The van der Waals surface area contributed by atoms with Gasteiger partial charge < -0.3 is 10.1 Å². The van der Waals surface area contributed by atoms with E-state index in [0.29, 0.717) is 5.56 Å². The van der Waals surface area contributed by atoms with Crippen molar-refractivity contribution in [1.82, 2.24) is 5.32 Å². The molecule has 1 rings (SSSR count). The molecule has 0 fully saturated rings. The molecule has 0 aliphatic carbocycles. The monoisotopic (exact) mass is 299 g/mol. The van der Waals surface area contributed by atoms with E-state index in [0.717, 1.165) is 5.75 Å². The minimum Gasteiger partial charge on any atom is -0.497 e. The highest BCUT2D eigenvalue weighted by Gasteiger charge is 2.25. The van der Waals surface area contributed by atoms with Crippen LogP contribution in [0.1, 0.15) is 31.1 Å². The summed E-state index contributed by atoms with van der Waals surface area (Å²) in [5.74, 6) is 0.665. The van der Waals surface area contributed by atoms with Crippen molar-refractivity contribution in [3.8, 4) is 5.75 Å². The molecule has 1 unspecified atom stereocenters. The van der Waals surface area contributed by atoms with E-state index in [4.69, 9.17) is 4.74 Å². The number of amides is 1. The maximum Gasteiger partial charge on any atom is 0.251 e. The smallest absolute Gasteiger partial charge is 0.251 e. The summed E-state index contributed by atoms with van der Waals surface area (Å²) in [7, 11) is 1.60. The number of ether oxygens (including phenoxy) is 1. The Balaban J connectivity index is 2.76. The van der Waals surface area contributed by atoms with Crippen LogP contribution in [0.2, 0.25) is 0 Å². The zero-order valence-corrected chi connectivity index (χ0v) is 12.2. The highest BCUT2D eigenvalue weighted by Crippen LogP contribution is 2.18. The second kappa shape index (κ2) is 5.54. The lowest BCUT2D eigenvalue weighted by Crippen LogP contribution is -2.48. The van der Waals surface area contributed by atoms with E-state index in [1.54, 1.807) is 31.4 Å². The predicted molar refractivity (Wildman–Crippen MR) is 72.9 cm³/mol. The SMILES string of the molecule is COc1ccc(C(=O)NC(C)(C)C(C)Br)cc1. The Morgan fingerprint density at radius 2 is 1.88 bits per heavy atom. The van der Waals surface area contributed by atoms with Gasteiger partial charge in [0.15, 0.2) is 0 Å². The highest BCUT2D eigenvalue weighted by atomic mass is 79.9. The topological polar surface area (TPSA) is 38.3 Å². The number of nitrogens with one attached hydrogen (secondary N) is 1. The molecular formula is C13H18BrNO2. The third-order valence-corrected chi connectivity index (χ3v) is 3.93. The number of hydrogen-bond acceptors (Lipinski definition) is 2. The average Bonchev–Trinajstić information content (AvgIpc) is 2.28. The molecule has 0 aliphatic heterocycles. The van der Waals surface area contributed by atoms with E-state index in [1.165, 1.54) is 0 Å². The van der Waals surface area contributed by atoms with Gasteiger partial charge in [0, 0.05) is 15.9 Å². The first-order chi connectivity index (χ1) is 7.86. The van der Waals surface area contributed by atoms with E-state index in [1.807, 2.05) is 20.8 Å². The number of benzene rings is 1. The van der Waals surface area contributed by atoms with E-state index in [9.17, 15) is 4.79 Å². The van der Waals surface area contributed by atoms with Crippen molar-refractivity contribution in [3.63, 3.8) is 0 Å². The Hall–Kier alpha value is -1.03. The number of carbonyl (C=O) groups is 1. The summed E-state index contributed by atoms with van der Waals surface area (Å²) in [5, 5.41) is 2.98. The lowest BCUT2D eigenvalue weighted by atomic mass is 10.0. The molecule has 0 saturated carbocycles. The second-order valence-corrected chi connectivity index (χ2v) is 5.89. The predicted octanol–water partition coefficient (Wildman–Crippen LogP) is 2.99. The Morgan fingerprint density at radius 3 is 2.29 bits per heavy atom. The van der Waals surface area contributed by atoms with Crippen LogP contribution in [-0.2, 0) is 0 Å². The van der Waals surface area contributed by atoms with Crippen LogP contribution in [0, 0.1) is 0 Å². The summed E-state index contributed by atoms with van der Waals surface area (Å²) in [5.41, 5.74) is 0.337. The van der Waals surface area contributed by atoms with Gasteiger partial charge in [-0.3, -0.25) is 4.79 Å². The summed E-state index contributed by atoms with van der Waals surface area (Å²) in [4.78, 5) is 12.2. The van der Waals surface area contributed by atoms with Crippen LogP contribution in [0.15, 0.2) is 24.3 Å². The molecule has 0 spiro atoms. The molecule has 4 heteroatoms. The Kier molecular flexibility index (Phi) is 4.57. The third kappa shape index (κ3) is 3.73. The molecular weight excluding hydrogens is 282 g/mol. The van der Waals surface area contributed by atoms with Crippen LogP contribution in [0.25, 0.3) is 0 Å². The normalized spacial score (nSPS) is 13.0. The molecule has 1 N–H and O–H groups in total. The zero-order chi connectivity index (χ0) is 13.1. The van der Waals surface area contributed by atoms with Crippen LogP contribution in [0.4, 0.5) is 0 Å². The minimum atomic E-state index is -0.295. The van der Waals surface area contributed by atoms with E-state index >= 15 is 0 Å². The molecule has 0 radical (unpaired) electrons. The molecule has 0 aliphatic rings. The van der Waals surface area contributed by atoms with Crippen molar-refractivity contribution < 1.29 is 9.53 Å².